The molecule has 2 heteroatoms. The minimum Gasteiger partial charge on any atom is -0.295 e. The van der Waals surface area contributed by atoms with Crippen molar-refractivity contribution in [2.75, 3.05) is 0 Å². The molecule has 0 radical (unpaired) electrons. The Morgan fingerprint density at radius 2 is 2.21 bits per heavy atom. The van der Waals surface area contributed by atoms with Gasteiger partial charge in [0.2, 0.25) is 0 Å². The van der Waals surface area contributed by atoms with Crippen molar-refractivity contribution in [1.29, 1.82) is 0 Å². The first-order valence-corrected chi connectivity index (χ1v) is 5.60. The highest BCUT2D eigenvalue weighted by Crippen LogP contribution is 2.27. The zero-order chi connectivity index (χ0) is 9.97. The molecule has 0 bridgehead atoms. The number of hydrogen-bond donors (Lipinski definition) is 0. The van der Waals surface area contributed by atoms with E-state index < -0.39 is 0 Å². The summed E-state index contributed by atoms with van der Waals surface area (Å²) in [4.78, 5) is 12.3. The molecule has 0 N–H and O–H groups in total. The lowest BCUT2D eigenvalue weighted by molar-refractivity contribution is -0.114. The van der Waals surface area contributed by atoms with Crippen molar-refractivity contribution < 1.29 is 4.79 Å². The van der Waals surface area contributed by atoms with E-state index in [0.717, 1.165) is 6.42 Å². The number of thiophene rings is 1. The summed E-state index contributed by atoms with van der Waals surface area (Å²) in [6.45, 7) is 2.13. The number of hydrogen-bond acceptors (Lipinski definition) is 2. The van der Waals surface area contributed by atoms with Crippen LogP contribution in [0.5, 0.6) is 0 Å². The van der Waals surface area contributed by atoms with Gasteiger partial charge < -0.3 is 0 Å². The average molecular weight is 204 g/mol. The molecular formula is C12H12OS. The summed E-state index contributed by atoms with van der Waals surface area (Å²) < 4.78 is 0. The largest absolute Gasteiger partial charge is 0.295 e. The summed E-state index contributed by atoms with van der Waals surface area (Å²) in [5.74, 6) is 0.243. The normalized spacial score (nSPS) is 19.9. The third-order valence-corrected chi connectivity index (χ3v) is 3.47. The van der Waals surface area contributed by atoms with Gasteiger partial charge in [-0.3, -0.25) is 4.79 Å². The van der Waals surface area contributed by atoms with E-state index in [4.69, 9.17) is 0 Å². The number of carbonyl (C=O) groups is 1. The molecule has 0 spiro atoms. The van der Waals surface area contributed by atoms with Crippen LogP contribution in [0.3, 0.4) is 0 Å². The Bertz CT molecular complexity index is 396. The molecule has 14 heavy (non-hydrogen) atoms. The molecule has 0 saturated heterocycles. The van der Waals surface area contributed by atoms with Crippen molar-refractivity contribution >= 4 is 22.7 Å². The second kappa shape index (κ2) is 3.93. The summed E-state index contributed by atoms with van der Waals surface area (Å²) in [5.41, 5.74) is 2.61. The van der Waals surface area contributed by atoms with Crippen LogP contribution in [0, 0.1) is 0 Å². The van der Waals surface area contributed by atoms with Crippen molar-refractivity contribution in [1.82, 2.24) is 0 Å². The van der Waals surface area contributed by atoms with E-state index in [1.807, 2.05) is 6.08 Å². The molecule has 2 rings (SSSR count). The fourth-order valence-corrected chi connectivity index (χ4v) is 2.35. The van der Waals surface area contributed by atoms with Gasteiger partial charge in [-0.2, -0.15) is 0 Å². The molecule has 1 heterocycles. The van der Waals surface area contributed by atoms with Crippen molar-refractivity contribution in [3.8, 4) is 0 Å². The maximum absolute atomic E-state index is 11.0. The molecule has 0 amide bonds. The minimum atomic E-state index is 0.243. The Morgan fingerprint density at radius 1 is 1.36 bits per heavy atom. The lowest BCUT2D eigenvalue weighted by atomic mass is 9.96. The SMILES string of the molecule is C/C(=C1\C=CC(=O)CC1)c1cccs1. The lowest BCUT2D eigenvalue weighted by Crippen LogP contribution is -2.00. The second-order valence-electron chi connectivity index (χ2n) is 3.43. The van der Waals surface area contributed by atoms with Crippen LogP contribution in [0.15, 0.2) is 35.2 Å². The number of carbonyl (C=O) groups excluding carboxylic acids is 1. The zero-order valence-corrected chi connectivity index (χ0v) is 8.93. The maximum Gasteiger partial charge on any atom is 0.156 e. The Labute approximate surface area is 87.8 Å². The quantitative estimate of drug-likeness (QED) is 0.685. The van der Waals surface area contributed by atoms with Crippen LogP contribution in [0.2, 0.25) is 0 Å². The number of allylic oxidation sites excluding steroid dienone is 4. The predicted molar refractivity (Wildman–Crippen MR) is 60.3 cm³/mol. The van der Waals surface area contributed by atoms with Crippen LogP contribution < -0.4 is 0 Å². The monoisotopic (exact) mass is 204 g/mol. The van der Waals surface area contributed by atoms with Crippen LogP contribution in [-0.4, -0.2) is 5.78 Å². The van der Waals surface area contributed by atoms with E-state index in [9.17, 15) is 4.79 Å². The molecule has 1 aromatic heterocycles. The van der Waals surface area contributed by atoms with Gasteiger partial charge in [0.25, 0.3) is 0 Å². The standard InChI is InChI=1S/C12H12OS/c1-9(12-3-2-8-14-12)10-4-6-11(13)7-5-10/h2-4,6,8H,5,7H2,1H3/b10-9-. The van der Waals surface area contributed by atoms with Crippen LogP contribution in [0.1, 0.15) is 24.6 Å². The van der Waals surface area contributed by atoms with Gasteiger partial charge in [0, 0.05) is 11.3 Å². The zero-order valence-electron chi connectivity index (χ0n) is 8.12. The molecule has 0 unspecified atom stereocenters. The number of ketones is 1. The van der Waals surface area contributed by atoms with Gasteiger partial charge in [0.05, 0.1) is 0 Å². The van der Waals surface area contributed by atoms with Gasteiger partial charge >= 0.3 is 0 Å². The van der Waals surface area contributed by atoms with Gasteiger partial charge in [0.1, 0.15) is 0 Å². The number of rotatable bonds is 1. The van der Waals surface area contributed by atoms with E-state index in [2.05, 4.69) is 24.4 Å². The summed E-state index contributed by atoms with van der Waals surface area (Å²) in [6, 6.07) is 4.18. The Hall–Kier alpha value is -1.15. The first kappa shape index (κ1) is 9.41. The third-order valence-electron chi connectivity index (χ3n) is 2.48. The highest BCUT2D eigenvalue weighted by atomic mass is 32.1. The fraction of sp³-hybridized carbons (Fsp3) is 0.250. The summed E-state index contributed by atoms with van der Waals surface area (Å²) in [7, 11) is 0. The summed E-state index contributed by atoms with van der Waals surface area (Å²) >= 11 is 1.75. The van der Waals surface area contributed by atoms with Crippen molar-refractivity contribution in [3.05, 3.63) is 40.1 Å². The lowest BCUT2D eigenvalue weighted by Gasteiger charge is -2.10. The van der Waals surface area contributed by atoms with E-state index in [1.165, 1.54) is 16.0 Å². The Balaban J connectivity index is 2.33. The molecule has 72 valence electrons. The maximum atomic E-state index is 11.0. The summed E-state index contributed by atoms with van der Waals surface area (Å²) in [5, 5.41) is 2.08. The topological polar surface area (TPSA) is 17.1 Å². The minimum absolute atomic E-state index is 0.243. The van der Waals surface area contributed by atoms with E-state index in [-0.39, 0.29) is 5.78 Å². The van der Waals surface area contributed by atoms with Gasteiger partial charge in [-0.15, -0.1) is 11.3 Å². The van der Waals surface area contributed by atoms with Crippen LogP contribution in [0.25, 0.3) is 5.57 Å². The van der Waals surface area contributed by atoms with Crippen LogP contribution in [-0.2, 0) is 4.79 Å². The van der Waals surface area contributed by atoms with Gasteiger partial charge in [-0.05, 0) is 42.0 Å². The first-order chi connectivity index (χ1) is 6.77. The van der Waals surface area contributed by atoms with Gasteiger partial charge in [-0.25, -0.2) is 0 Å². The van der Waals surface area contributed by atoms with Crippen LogP contribution in [0.4, 0.5) is 0 Å². The van der Waals surface area contributed by atoms with Crippen molar-refractivity contribution in [3.63, 3.8) is 0 Å². The van der Waals surface area contributed by atoms with E-state index in [1.54, 1.807) is 17.4 Å². The molecule has 0 aliphatic heterocycles. The average Bonchev–Trinajstić information content (AvgIpc) is 2.71. The third kappa shape index (κ3) is 1.85. The molecule has 0 saturated carbocycles. The highest BCUT2D eigenvalue weighted by Gasteiger charge is 2.09. The van der Waals surface area contributed by atoms with Gasteiger partial charge in [-0.1, -0.05) is 12.1 Å². The predicted octanol–water partition coefficient (Wildman–Crippen LogP) is 3.44. The molecule has 1 aliphatic carbocycles. The molecule has 1 aromatic rings. The van der Waals surface area contributed by atoms with Crippen molar-refractivity contribution in [2.24, 2.45) is 0 Å². The Morgan fingerprint density at radius 3 is 2.79 bits per heavy atom. The van der Waals surface area contributed by atoms with Gasteiger partial charge in [0.15, 0.2) is 5.78 Å². The fourth-order valence-electron chi connectivity index (χ4n) is 1.58. The molecule has 1 aliphatic rings. The molecule has 1 nitrogen and oxygen atoms in total. The molecular weight excluding hydrogens is 192 g/mol. The molecule has 0 fully saturated rings. The van der Waals surface area contributed by atoms with E-state index in [0.29, 0.717) is 6.42 Å². The molecule has 0 aromatic carbocycles. The van der Waals surface area contributed by atoms with E-state index >= 15 is 0 Å². The van der Waals surface area contributed by atoms with Crippen molar-refractivity contribution in [2.45, 2.75) is 19.8 Å². The molecule has 0 atom stereocenters. The van der Waals surface area contributed by atoms with Crippen LogP contribution >= 0.6 is 11.3 Å². The highest BCUT2D eigenvalue weighted by molar-refractivity contribution is 7.11. The second-order valence-corrected chi connectivity index (χ2v) is 4.37. The Kier molecular flexibility index (Phi) is 2.64. The smallest absolute Gasteiger partial charge is 0.156 e. The summed E-state index contributed by atoms with van der Waals surface area (Å²) in [6.07, 6.45) is 5.20. The first-order valence-electron chi connectivity index (χ1n) is 4.72.